The Bertz CT molecular complexity index is 2470. The molecule has 0 saturated heterocycles. The van der Waals surface area contributed by atoms with Gasteiger partial charge in [-0.2, -0.15) is 0 Å². The first kappa shape index (κ1) is 24.6. The molecule has 0 aliphatic carbocycles. The van der Waals surface area contributed by atoms with Crippen LogP contribution in [-0.4, -0.2) is 9.55 Å². The zero-order valence-corrected chi connectivity index (χ0v) is 23.8. The van der Waals surface area contributed by atoms with Crippen molar-refractivity contribution in [1.82, 2.24) is 9.55 Å². The van der Waals surface area contributed by atoms with Crippen LogP contribution in [0.25, 0.3) is 83.1 Å². The van der Waals surface area contributed by atoms with Gasteiger partial charge in [0.2, 0.25) is 0 Å². The van der Waals surface area contributed by atoms with Crippen LogP contribution >= 0.6 is 0 Å². The molecule has 44 heavy (non-hydrogen) atoms. The molecule has 0 amide bonds. The quantitative estimate of drug-likeness (QED) is 0.214. The van der Waals surface area contributed by atoms with Crippen LogP contribution in [-0.2, 0) is 0 Å². The molecule has 9 rings (SSSR count). The zero-order valence-electron chi connectivity index (χ0n) is 23.8. The predicted octanol–water partition coefficient (Wildman–Crippen LogP) is 11.1. The van der Waals surface area contributed by atoms with E-state index >= 15 is 0 Å². The Labute approximate surface area is 254 Å². The average Bonchev–Trinajstić information content (AvgIpc) is 3.67. The van der Waals surface area contributed by atoms with Crippen molar-refractivity contribution >= 4 is 43.7 Å². The van der Waals surface area contributed by atoms with Gasteiger partial charge in [-0.1, -0.05) is 121 Å². The Morgan fingerprint density at radius 3 is 1.93 bits per heavy atom. The lowest BCUT2D eigenvalue weighted by molar-refractivity contribution is 0.670. The molecule has 2 aromatic heterocycles. The number of imidazole rings is 1. The lowest BCUT2D eigenvalue weighted by Gasteiger charge is -2.12. The van der Waals surface area contributed by atoms with Gasteiger partial charge in [0, 0.05) is 27.6 Å². The molecule has 0 aliphatic heterocycles. The van der Waals surface area contributed by atoms with Gasteiger partial charge < -0.3 is 4.42 Å². The van der Waals surface area contributed by atoms with E-state index in [1.165, 1.54) is 16.3 Å². The van der Waals surface area contributed by atoms with Gasteiger partial charge in [-0.3, -0.25) is 4.57 Å². The Balaban J connectivity index is 1.13. The summed E-state index contributed by atoms with van der Waals surface area (Å²) in [6.45, 7) is 0. The normalized spacial score (nSPS) is 11.6. The Hall–Kier alpha value is -5.93. The van der Waals surface area contributed by atoms with Crippen LogP contribution in [0.1, 0.15) is 0 Å². The van der Waals surface area contributed by atoms with E-state index in [-0.39, 0.29) is 0 Å². The summed E-state index contributed by atoms with van der Waals surface area (Å²) in [6.07, 6.45) is 0. The number of fused-ring (bicyclic) bond motifs is 5. The van der Waals surface area contributed by atoms with Crippen LogP contribution in [0.5, 0.6) is 0 Å². The Morgan fingerprint density at radius 2 is 1.11 bits per heavy atom. The first-order valence-electron chi connectivity index (χ1n) is 14.9. The van der Waals surface area contributed by atoms with Gasteiger partial charge in [0.1, 0.15) is 17.0 Å². The average molecular weight is 563 g/mol. The molecule has 0 unspecified atom stereocenters. The molecule has 0 saturated carbocycles. The number of nitrogens with zero attached hydrogens (tertiary/aromatic N) is 2. The molecule has 206 valence electrons. The third-order valence-corrected chi connectivity index (χ3v) is 8.62. The van der Waals surface area contributed by atoms with Crippen LogP contribution in [0, 0.1) is 0 Å². The maximum atomic E-state index is 6.47. The second-order valence-corrected chi connectivity index (χ2v) is 11.2. The SMILES string of the molecule is c1ccc(-c2nc3ccccc3n2-c2ccc(-c3ccc(-c4c5ccccc5cc5c4oc4ccccc45)cc3)cc2)cc1. The van der Waals surface area contributed by atoms with E-state index in [9.17, 15) is 0 Å². The van der Waals surface area contributed by atoms with E-state index in [1.54, 1.807) is 0 Å². The number of hydrogen-bond donors (Lipinski definition) is 0. The van der Waals surface area contributed by atoms with Crippen LogP contribution in [0.15, 0.2) is 162 Å². The second kappa shape index (κ2) is 9.82. The van der Waals surface area contributed by atoms with Crippen molar-refractivity contribution in [3.8, 4) is 39.3 Å². The molecule has 0 atom stereocenters. The summed E-state index contributed by atoms with van der Waals surface area (Å²) in [5.74, 6) is 0.941. The zero-order chi connectivity index (χ0) is 29.0. The minimum Gasteiger partial charge on any atom is -0.455 e. The van der Waals surface area contributed by atoms with E-state index in [0.29, 0.717) is 0 Å². The van der Waals surface area contributed by atoms with Crippen LogP contribution < -0.4 is 0 Å². The van der Waals surface area contributed by atoms with Gasteiger partial charge in [0.25, 0.3) is 0 Å². The fourth-order valence-electron chi connectivity index (χ4n) is 6.51. The Kier molecular flexibility index (Phi) is 5.50. The van der Waals surface area contributed by atoms with Crippen molar-refractivity contribution in [3.63, 3.8) is 0 Å². The molecule has 7 aromatic carbocycles. The second-order valence-electron chi connectivity index (χ2n) is 11.2. The van der Waals surface area contributed by atoms with Gasteiger partial charge in [0.15, 0.2) is 0 Å². The van der Waals surface area contributed by atoms with Crippen LogP contribution in [0.4, 0.5) is 0 Å². The minimum atomic E-state index is 0.914. The molecule has 3 nitrogen and oxygen atoms in total. The minimum absolute atomic E-state index is 0.914. The monoisotopic (exact) mass is 562 g/mol. The highest BCUT2D eigenvalue weighted by Crippen LogP contribution is 2.41. The fraction of sp³-hybridized carbons (Fsp3) is 0. The maximum absolute atomic E-state index is 6.47. The standard InChI is InChI=1S/C41H26N2O/c1-2-10-30(11-3-1)41-42-36-15-7-8-16-37(36)43(41)32-24-22-28(23-25-32)27-18-20-29(21-19-27)39-33-13-5-4-12-31(33)26-35-34-14-6-9-17-38(34)44-40(35)39/h1-26H. The van der Waals surface area contributed by atoms with Crippen molar-refractivity contribution in [3.05, 3.63) is 158 Å². The van der Waals surface area contributed by atoms with E-state index in [0.717, 1.165) is 66.7 Å². The summed E-state index contributed by atoms with van der Waals surface area (Å²) in [5.41, 5.74) is 10.7. The van der Waals surface area contributed by atoms with E-state index in [1.807, 2.05) is 24.3 Å². The smallest absolute Gasteiger partial charge is 0.145 e. The van der Waals surface area contributed by atoms with Crippen LogP contribution in [0.3, 0.4) is 0 Å². The van der Waals surface area contributed by atoms with Crippen molar-refractivity contribution in [2.75, 3.05) is 0 Å². The number of rotatable bonds is 4. The number of benzene rings is 7. The molecule has 0 aliphatic rings. The summed E-state index contributed by atoms with van der Waals surface area (Å²) >= 11 is 0. The largest absolute Gasteiger partial charge is 0.455 e. The first-order valence-corrected chi connectivity index (χ1v) is 14.9. The highest BCUT2D eigenvalue weighted by Gasteiger charge is 2.17. The molecule has 2 heterocycles. The van der Waals surface area contributed by atoms with Gasteiger partial charge in [-0.05, 0) is 63.9 Å². The summed E-state index contributed by atoms with van der Waals surface area (Å²) in [4.78, 5) is 4.99. The summed E-state index contributed by atoms with van der Waals surface area (Å²) in [5, 5.41) is 4.70. The van der Waals surface area contributed by atoms with Gasteiger partial charge in [-0.15, -0.1) is 0 Å². The van der Waals surface area contributed by atoms with Crippen LogP contribution in [0.2, 0.25) is 0 Å². The van der Waals surface area contributed by atoms with Crippen molar-refractivity contribution in [2.24, 2.45) is 0 Å². The molecule has 0 radical (unpaired) electrons. The van der Waals surface area contributed by atoms with Crippen molar-refractivity contribution < 1.29 is 4.42 Å². The van der Waals surface area contributed by atoms with Gasteiger partial charge in [0.05, 0.1) is 11.0 Å². The van der Waals surface area contributed by atoms with Gasteiger partial charge in [-0.25, -0.2) is 4.98 Å². The summed E-state index contributed by atoms with van der Waals surface area (Å²) in [7, 11) is 0. The molecular formula is C41H26N2O. The van der Waals surface area contributed by atoms with Gasteiger partial charge >= 0.3 is 0 Å². The highest BCUT2D eigenvalue weighted by atomic mass is 16.3. The molecule has 0 spiro atoms. The summed E-state index contributed by atoms with van der Waals surface area (Å²) < 4.78 is 8.72. The maximum Gasteiger partial charge on any atom is 0.145 e. The topological polar surface area (TPSA) is 31.0 Å². The molecule has 3 heteroatoms. The molecule has 0 N–H and O–H groups in total. The van der Waals surface area contributed by atoms with E-state index < -0.39 is 0 Å². The number of aromatic nitrogens is 2. The lowest BCUT2D eigenvalue weighted by atomic mass is 9.94. The molecule has 0 bridgehead atoms. The fourth-order valence-corrected chi connectivity index (χ4v) is 6.51. The number of para-hydroxylation sites is 3. The Morgan fingerprint density at radius 1 is 0.477 bits per heavy atom. The lowest BCUT2D eigenvalue weighted by Crippen LogP contribution is -1.97. The third-order valence-electron chi connectivity index (χ3n) is 8.62. The van der Waals surface area contributed by atoms with Crippen molar-refractivity contribution in [1.29, 1.82) is 0 Å². The van der Waals surface area contributed by atoms with E-state index in [4.69, 9.17) is 9.40 Å². The molecule has 0 fully saturated rings. The highest BCUT2D eigenvalue weighted by molar-refractivity contribution is 6.18. The number of hydrogen-bond acceptors (Lipinski definition) is 2. The van der Waals surface area contributed by atoms with Crippen molar-refractivity contribution in [2.45, 2.75) is 0 Å². The third kappa shape index (κ3) is 3.87. The number of furan rings is 1. The van der Waals surface area contributed by atoms with E-state index in [2.05, 4.69) is 138 Å². The molecule has 9 aromatic rings. The summed E-state index contributed by atoms with van der Waals surface area (Å²) in [6, 6.07) is 55.4. The first-order chi connectivity index (χ1) is 21.8. The predicted molar refractivity (Wildman–Crippen MR) is 182 cm³/mol. The molecular weight excluding hydrogens is 536 g/mol.